The molecule has 8 heteroatoms. The summed E-state index contributed by atoms with van der Waals surface area (Å²) in [6, 6.07) is 4.46. The molecule has 1 unspecified atom stereocenters. The molecule has 1 saturated heterocycles. The molecule has 1 aromatic carbocycles. The lowest BCUT2D eigenvalue weighted by Gasteiger charge is -2.21. The van der Waals surface area contributed by atoms with E-state index in [4.69, 9.17) is 17.3 Å². The van der Waals surface area contributed by atoms with Crippen LogP contribution in [0, 0.1) is 0 Å². The molecule has 19 heavy (non-hydrogen) atoms. The van der Waals surface area contributed by atoms with Gasteiger partial charge in [0.05, 0.1) is 5.02 Å². The highest BCUT2D eigenvalue weighted by Crippen LogP contribution is 2.26. The number of thioether (sulfide) groups is 2. The number of anilines is 1. The standard InChI is InChI=1S/C11H15ClN2O2S3/c12-10-2-1-8(13)5-11(10)19(15,16)14-6-9-7-17-3-4-18-9/h1-2,5,9,14H,3-4,6-7,13H2. The molecule has 2 rings (SSSR count). The number of nitrogen functional groups attached to an aromatic ring is 1. The quantitative estimate of drug-likeness (QED) is 0.822. The maximum atomic E-state index is 12.2. The fourth-order valence-electron chi connectivity index (χ4n) is 1.66. The van der Waals surface area contributed by atoms with Crippen molar-refractivity contribution in [2.75, 3.05) is 29.5 Å². The zero-order valence-electron chi connectivity index (χ0n) is 10.1. The van der Waals surface area contributed by atoms with Gasteiger partial charge < -0.3 is 5.73 Å². The van der Waals surface area contributed by atoms with Gasteiger partial charge >= 0.3 is 0 Å². The van der Waals surface area contributed by atoms with Crippen LogP contribution < -0.4 is 10.5 Å². The molecule has 3 N–H and O–H groups in total. The number of benzene rings is 1. The normalized spacial score (nSPS) is 20.4. The highest BCUT2D eigenvalue weighted by atomic mass is 35.5. The molecule has 1 atom stereocenters. The molecule has 106 valence electrons. The van der Waals surface area contributed by atoms with Crippen molar-refractivity contribution < 1.29 is 8.42 Å². The van der Waals surface area contributed by atoms with Crippen LogP contribution in [0.1, 0.15) is 0 Å². The van der Waals surface area contributed by atoms with Crippen molar-refractivity contribution in [1.82, 2.24) is 4.72 Å². The number of halogens is 1. The predicted octanol–water partition coefficient (Wildman–Crippen LogP) is 2.05. The lowest BCUT2D eigenvalue weighted by Crippen LogP contribution is -2.33. The first-order valence-corrected chi connectivity index (χ1v) is 9.79. The number of nitrogens with two attached hydrogens (primary N) is 1. The summed E-state index contributed by atoms with van der Waals surface area (Å²) < 4.78 is 27.0. The Morgan fingerprint density at radius 3 is 2.89 bits per heavy atom. The van der Waals surface area contributed by atoms with Crippen LogP contribution in [0.15, 0.2) is 23.1 Å². The molecule has 4 nitrogen and oxygen atoms in total. The molecule has 0 bridgehead atoms. The van der Waals surface area contributed by atoms with Crippen LogP contribution in [-0.2, 0) is 10.0 Å². The minimum Gasteiger partial charge on any atom is -0.399 e. The smallest absolute Gasteiger partial charge is 0.242 e. The second-order valence-electron chi connectivity index (χ2n) is 4.11. The van der Waals surface area contributed by atoms with E-state index in [-0.39, 0.29) is 9.92 Å². The average Bonchev–Trinajstić information content (AvgIpc) is 2.40. The Labute approximate surface area is 126 Å². The van der Waals surface area contributed by atoms with Crippen molar-refractivity contribution in [3.63, 3.8) is 0 Å². The highest BCUT2D eigenvalue weighted by molar-refractivity contribution is 8.06. The lowest BCUT2D eigenvalue weighted by atomic mass is 10.3. The predicted molar refractivity (Wildman–Crippen MR) is 84.6 cm³/mol. The molecular weight excluding hydrogens is 324 g/mol. The Bertz CT molecular complexity index is 545. The summed E-state index contributed by atoms with van der Waals surface area (Å²) in [6.45, 7) is 0.422. The summed E-state index contributed by atoms with van der Waals surface area (Å²) in [6.07, 6.45) is 0. The van der Waals surface area contributed by atoms with Gasteiger partial charge in [-0.2, -0.15) is 23.5 Å². The molecule has 0 spiro atoms. The minimum absolute atomic E-state index is 0.0441. The third kappa shape index (κ3) is 4.19. The Kier molecular flexibility index (Phi) is 5.30. The van der Waals surface area contributed by atoms with E-state index in [1.807, 2.05) is 11.8 Å². The maximum absolute atomic E-state index is 12.2. The molecule has 1 aromatic rings. The van der Waals surface area contributed by atoms with Crippen LogP contribution >= 0.6 is 35.1 Å². The Morgan fingerprint density at radius 1 is 1.42 bits per heavy atom. The molecule has 0 saturated carbocycles. The first-order valence-electron chi connectivity index (χ1n) is 5.73. The van der Waals surface area contributed by atoms with Crippen LogP contribution in [0.5, 0.6) is 0 Å². The topological polar surface area (TPSA) is 72.2 Å². The Morgan fingerprint density at radius 2 is 2.21 bits per heavy atom. The van der Waals surface area contributed by atoms with Gasteiger partial charge in [0.1, 0.15) is 4.90 Å². The zero-order chi connectivity index (χ0) is 13.9. The van der Waals surface area contributed by atoms with Crippen molar-refractivity contribution in [3.05, 3.63) is 23.2 Å². The van der Waals surface area contributed by atoms with Crippen molar-refractivity contribution in [2.45, 2.75) is 10.1 Å². The van der Waals surface area contributed by atoms with E-state index in [1.54, 1.807) is 17.8 Å². The average molecular weight is 339 g/mol. The summed E-state index contributed by atoms with van der Waals surface area (Å²) in [4.78, 5) is 0.0441. The second kappa shape index (κ2) is 6.58. The van der Waals surface area contributed by atoms with E-state index in [0.717, 1.165) is 17.3 Å². The van der Waals surface area contributed by atoms with Gasteiger partial charge in [-0.05, 0) is 18.2 Å². The molecule has 0 radical (unpaired) electrons. The SMILES string of the molecule is Nc1ccc(Cl)c(S(=O)(=O)NCC2CSCCS2)c1. The third-order valence-corrected chi connectivity index (χ3v) is 7.38. The monoisotopic (exact) mass is 338 g/mol. The number of hydrogen-bond acceptors (Lipinski definition) is 5. The van der Waals surface area contributed by atoms with Gasteiger partial charge in [0.25, 0.3) is 0 Å². The molecule has 0 aliphatic carbocycles. The summed E-state index contributed by atoms with van der Waals surface area (Å²) in [5, 5.41) is 0.501. The highest BCUT2D eigenvalue weighted by Gasteiger charge is 2.21. The van der Waals surface area contributed by atoms with Gasteiger partial charge in [0, 0.05) is 34.7 Å². The van der Waals surface area contributed by atoms with Crippen molar-refractivity contribution in [3.8, 4) is 0 Å². The van der Waals surface area contributed by atoms with Gasteiger partial charge in [-0.3, -0.25) is 0 Å². The van der Waals surface area contributed by atoms with E-state index in [1.165, 1.54) is 12.1 Å². The molecule has 0 amide bonds. The van der Waals surface area contributed by atoms with Crippen LogP contribution in [-0.4, -0.2) is 37.5 Å². The Balaban J connectivity index is 2.07. The molecular formula is C11H15ClN2O2S3. The number of hydrogen-bond donors (Lipinski definition) is 2. The fourth-order valence-corrected chi connectivity index (χ4v) is 5.99. The van der Waals surface area contributed by atoms with Gasteiger partial charge in [0.15, 0.2) is 0 Å². The van der Waals surface area contributed by atoms with Crippen LogP contribution in [0.2, 0.25) is 5.02 Å². The first kappa shape index (κ1) is 15.3. The third-order valence-electron chi connectivity index (χ3n) is 2.63. The number of nitrogens with one attached hydrogen (secondary N) is 1. The molecule has 0 aromatic heterocycles. The minimum atomic E-state index is -3.60. The van der Waals surface area contributed by atoms with E-state index in [2.05, 4.69) is 4.72 Å². The largest absolute Gasteiger partial charge is 0.399 e. The van der Waals surface area contributed by atoms with Crippen LogP contribution in [0.4, 0.5) is 5.69 Å². The number of sulfonamides is 1. The first-order chi connectivity index (χ1) is 8.99. The molecule has 1 heterocycles. The summed E-state index contributed by atoms with van der Waals surface area (Å²) in [5.41, 5.74) is 5.99. The van der Waals surface area contributed by atoms with Crippen molar-refractivity contribution in [2.24, 2.45) is 0 Å². The lowest BCUT2D eigenvalue weighted by molar-refractivity contribution is 0.581. The number of rotatable bonds is 4. The molecule has 1 aliphatic heterocycles. The van der Waals surface area contributed by atoms with Crippen LogP contribution in [0.3, 0.4) is 0 Å². The second-order valence-corrected chi connectivity index (χ2v) is 8.81. The van der Waals surface area contributed by atoms with Gasteiger partial charge in [-0.15, -0.1) is 0 Å². The van der Waals surface area contributed by atoms with Crippen LogP contribution in [0.25, 0.3) is 0 Å². The summed E-state index contributed by atoms with van der Waals surface area (Å²) >= 11 is 9.57. The van der Waals surface area contributed by atoms with E-state index in [9.17, 15) is 8.42 Å². The van der Waals surface area contributed by atoms with Crippen molar-refractivity contribution >= 4 is 50.8 Å². The maximum Gasteiger partial charge on any atom is 0.242 e. The van der Waals surface area contributed by atoms with Gasteiger partial charge in [-0.25, -0.2) is 13.1 Å². The van der Waals surface area contributed by atoms with E-state index < -0.39 is 10.0 Å². The summed E-state index contributed by atoms with van der Waals surface area (Å²) in [7, 11) is -3.60. The Hall–Kier alpha value is -0.0800. The zero-order valence-corrected chi connectivity index (χ0v) is 13.3. The van der Waals surface area contributed by atoms with E-state index in [0.29, 0.717) is 17.5 Å². The fraction of sp³-hybridized carbons (Fsp3) is 0.455. The van der Waals surface area contributed by atoms with Gasteiger partial charge in [-0.1, -0.05) is 11.6 Å². The van der Waals surface area contributed by atoms with Gasteiger partial charge in [0.2, 0.25) is 10.0 Å². The molecule has 1 aliphatic rings. The van der Waals surface area contributed by atoms with Crippen molar-refractivity contribution in [1.29, 1.82) is 0 Å². The molecule has 1 fully saturated rings. The summed E-state index contributed by atoms with van der Waals surface area (Å²) in [5.74, 6) is 3.17. The van der Waals surface area contributed by atoms with E-state index >= 15 is 0 Å².